The summed E-state index contributed by atoms with van der Waals surface area (Å²) in [7, 11) is 5.06. The van der Waals surface area contributed by atoms with Crippen molar-refractivity contribution in [2.75, 3.05) is 119 Å². The number of amides is 5. The van der Waals surface area contributed by atoms with E-state index in [0.717, 1.165) is 12.8 Å². The number of nitrogens with zero attached hydrogens (tertiary/aromatic N) is 7. The van der Waals surface area contributed by atoms with E-state index in [1.807, 2.05) is 55.3 Å². The van der Waals surface area contributed by atoms with Gasteiger partial charge in [0.15, 0.2) is 23.0 Å². The van der Waals surface area contributed by atoms with Gasteiger partial charge in [-0.25, -0.2) is 4.79 Å². The minimum atomic E-state index is -0.723. The number of hydrogen-bond acceptors (Lipinski definition) is 21. The molecule has 5 aliphatic heterocycles. The van der Waals surface area contributed by atoms with Gasteiger partial charge >= 0.3 is 5.97 Å². The number of nitrogens with one attached hydrogen (secondary N) is 1. The van der Waals surface area contributed by atoms with Crippen molar-refractivity contribution in [1.82, 2.24) is 30.1 Å². The minimum absolute atomic E-state index is 0.00442. The van der Waals surface area contributed by atoms with Gasteiger partial charge in [0.25, 0.3) is 23.6 Å². The Morgan fingerprint density at radius 2 is 1.17 bits per heavy atom. The predicted molar refractivity (Wildman–Crippen MR) is 319 cm³/mol. The van der Waals surface area contributed by atoms with E-state index in [1.54, 1.807) is 36.0 Å². The Kier molecular flexibility index (Phi) is 23.5. The van der Waals surface area contributed by atoms with Crippen molar-refractivity contribution in [2.24, 2.45) is 9.98 Å². The van der Waals surface area contributed by atoms with Crippen molar-refractivity contribution in [2.45, 2.75) is 89.8 Å². The van der Waals surface area contributed by atoms with Crippen LogP contribution in [0.4, 0.5) is 11.4 Å². The molecule has 0 aliphatic carbocycles. The van der Waals surface area contributed by atoms with Crippen molar-refractivity contribution in [1.29, 1.82) is 0 Å². The van der Waals surface area contributed by atoms with Crippen LogP contribution in [0.2, 0.25) is 0 Å². The number of pyridine rings is 1. The standard InChI is InChI=1S/C61H78N8O16S/c1-8-40-24-44-32-63-49-30-53(51(76-6)28-47(49)59(74)67(44)34-40)83-36-42-26-46(27-43(65-42)37-84-54-31-50-48(29-52(54)77-7)60(75)68-35-41(9-2)25-45(68)33-64-50)82-17-14-66(5)39-61(3,4)86-38-55(70)62-13-16-79-19-21-81-23-22-80-20-18-78-15-12-58(73)85-69-56(71)10-11-57(69)72/h8-9,26-33,44-45H,10-25,34-39H2,1-7H3,(H,62,70)/b40-8+,41-9+/t44-,45?/m0/s1. The summed E-state index contributed by atoms with van der Waals surface area (Å²) in [6, 6.07) is 10.1. The van der Waals surface area contributed by atoms with E-state index in [-0.39, 0.29) is 86.0 Å². The van der Waals surface area contributed by atoms with Gasteiger partial charge in [-0.15, -0.1) is 16.8 Å². The van der Waals surface area contributed by atoms with Crippen LogP contribution in [0.3, 0.4) is 0 Å². The van der Waals surface area contributed by atoms with Crippen molar-refractivity contribution >= 4 is 71.1 Å². The van der Waals surface area contributed by atoms with E-state index in [2.05, 4.69) is 36.2 Å². The lowest BCUT2D eigenvalue weighted by atomic mass is 10.1. The summed E-state index contributed by atoms with van der Waals surface area (Å²) in [6.07, 6.45) is 9.18. The van der Waals surface area contributed by atoms with E-state index in [1.165, 1.54) is 25.4 Å². The van der Waals surface area contributed by atoms with Crippen LogP contribution in [0.5, 0.6) is 28.7 Å². The lowest BCUT2D eigenvalue weighted by Crippen LogP contribution is -2.38. The third-order valence-electron chi connectivity index (χ3n) is 14.6. The van der Waals surface area contributed by atoms with Gasteiger partial charge < -0.3 is 67.5 Å². The molecule has 25 heteroatoms. The monoisotopic (exact) mass is 1210 g/mol. The molecule has 8 rings (SSSR count). The molecule has 1 aromatic heterocycles. The first kappa shape index (κ1) is 64.6. The number of aliphatic imine (C=N–C) groups is 2. The smallest absolute Gasteiger partial charge is 0.335 e. The number of ether oxygens (including phenoxy) is 9. The lowest BCUT2D eigenvalue weighted by molar-refractivity contribution is -0.198. The highest BCUT2D eigenvalue weighted by molar-refractivity contribution is 8.01. The number of hydroxylamine groups is 2. The summed E-state index contributed by atoms with van der Waals surface area (Å²) < 4.78 is 52.4. The number of benzene rings is 2. The van der Waals surface area contributed by atoms with Crippen LogP contribution in [0.25, 0.3) is 0 Å². The van der Waals surface area contributed by atoms with E-state index >= 15 is 0 Å². The summed E-state index contributed by atoms with van der Waals surface area (Å²) in [5.41, 5.74) is 5.27. The number of imide groups is 1. The van der Waals surface area contributed by atoms with Gasteiger partial charge in [0.05, 0.1) is 125 Å². The van der Waals surface area contributed by atoms with Crippen molar-refractivity contribution in [3.05, 3.63) is 82.2 Å². The number of rotatable bonds is 33. The number of likely N-dealkylation sites (N-methyl/N-ethyl adjacent to an activating group) is 1. The zero-order chi connectivity index (χ0) is 61.2. The topological polar surface area (TPSA) is 257 Å². The van der Waals surface area contributed by atoms with Gasteiger partial charge in [-0.1, -0.05) is 23.3 Å². The maximum absolute atomic E-state index is 13.8. The quantitative estimate of drug-likeness (QED) is 0.0416. The van der Waals surface area contributed by atoms with Crippen LogP contribution >= 0.6 is 11.8 Å². The first-order valence-corrected chi connectivity index (χ1v) is 29.8. The molecule has 5 aliphatic rings. The van der Waals surface area contributed by atoms with Gasteiger partial charge in [0.1, 0.15) is 25.6 Å². The van der Waals surface area contributed by atoms with Crippen LogP contribution in [-0.2, 0) is 56.2 Å². The maximum Gasteiger partial charge on any atom is 0.335 e. The number of allylic oxidation sites excluding steroid dienone is 2. The van der Waals surface area contributed by atoms with Gasteiger partial charge in [-0.05, 0) is 59.7 Å². The van der Waals surface area contributed by atoms with Crippen LogP contribution in [0, 0.1) is 0 Å². The van der Waals surface area contributed by atoms with Crippen LogP contribution in [0.15, 0.2) is 69.7 Å². The van der Waals surface area contributed by atoms with Gasteiger partial charge in [-0.3, -0.25) is 38.9 Å². The molecular weight excluding hydrogens is 1130 g/mol. The lowest BCUT2D eigenvalue weighted by Gasteiger charge is -2.29. The molecule has 0 radical (unpaired) electrons. The van der Waals surface area contributed by atoms with Crippen LogP contribution in [0.1, 0.15) is 91.9 Å². The van der Waals surface area contributed by atoms with Crippen LogP contribution < -0.4 is 29.0 Å². The van der Waals surface area contributed by atoms with E-state index in [0.29, 0.717) is 147 Å². The number of methoxy groups -OCH3 is 2. The highest BCUT2D eigenvalue weighted by atomic mass is 32.2. The summed E-state index contributed by atoms with van der Waals surface area (Å²) in [5.74, 6) is 0.205. The fourth-order valence-electron chi connectivity index (χ4n) is 10.1. The Balaban J connectivity index is 0.779. The number of aromatic nitrogens is 1. The van der Waals surface area contributed by atoms with Gasteiger partial charge in [-0.2, -0.15) is 0 Å². The molecule has 5 amide bonds. The summed E-state index contributed by atoms with van der Waals surface area (Å²) in [4.78, 5) is 100. The number of hydrogen-bond donors (Lipinski definition) is 1. The maximum atomic E-state index is 13.8. The first-order chi connectivity index (χ1) is 41.5. The number of thioether (sulfide) groups is 1. The molecule has 0 saturated carbocycles. The van der Waals surface area contributed by atoms with Crippen molar-refractivity contribution < 1.29 is 76.2 Å². The van der Waals surface area contributed by atoms with Gasteiger partial charge in [0, 0.05) is 87.0 Å². The zero-order valence-corrected chi connectivity index (χ0v) is 50.9. The molecule has 24 nitrogen and oxygen atoms in total. The second-order valence-electron chi connectivity index (χ2n) is 21.5. The highest BCUT2D eigenvalue weighted by Crippen LogP contribution is 2.41. The van der Waals surface area contributed by atoms with E-state index in [9.17, 15) is 28.8 Å². The second kappa shape index (κ2) is 31.3. The normalized spacial score (nSPS) is 18.1. The fourth-order valence-corrected chi connectivity index (χ4v) is 11.0. The fraction of sp³-hybridized carbons (Fsp3) is 0.525. The first-order valence-electron chi connectivity index (χ1n) is 28.8. The van der Waals surface area contributed by atoms with Crippen molar-refractivity contribution in [3.8, 4) is 28.7 Å². The largest absolute Gasteiger partial charge is 0.493 e. The average molecular weight is 1210 g/mol. The third kappa shape index (κ3) is 17.8. The Bertz CT molecular complexity index is 2910. The van der Waals surface area contributed by atoms with Crippen LogP contribution in [-0.4, -0.2) is 209 Å². The Labute approximate surface area is 505 Å². The highest BCUT2D eigenvalue weighted by Gasteiger charge is 2.37. The molecule has 1 unspecified atom stereocenters. The van der Waals surface area contributed by atoms with E-state index < -0.39 is 17.8 Å². The number of fused-ring (bicyclic) bond motifs is 4. The zero-order valence-electron chi connectivity index (χ0n) is 50.1. The molecule has 1 N–H and O–H groups in total. The minimum Gasteiger partial charge on any atom is -0.493 e. The molecule has 3 aromatic rings. The molecule has 464 valence electrons. The SMILES string of the molecule is C/C=C1\CC2C=Nc3cc(OCc4cc(OCCN(C)CC(C)(C)SCC(=O)NCCOCCOCCOCCOCCC(=O)ON5C(=O)CCC5=O)cc(COc5cc6c(cc5OC)C(=O)N5C/C(=C/C)C[C@H]5C=N6)n4)c(OC)cc3C(=O)N2C1. The molecule has 3 saturated heterocycles. The Hall–Kier alpha value is -7.42. The second-order valence-corrected chi connectivity index (χ2v) is 23.2. The third-order valence-corrected chi connectivity index (χ3v) is 15.9. The van der Waals surface area contributed by atoms with Gasteiger partial charge in [0.2, 0.25) is 5.91 Å². The summed E-state index contributed by atoms with van der Waals surface area (Å²) >= 11 is 1.55. The summed E-state index contributed by atoms with van der Waals surface area (Å²) in [6.45, 7) is 13.5. The molecule has 0 spiro atoms. The average Bonchev–Trinajstić information content (AvgIpc) is 4.05. The predicted octanol–water partition coefficient (Wildman–Crippen LogP) is 6.01. The number of carbonyl (C=O) groups excluding carboxylic acids is 6. The molecule has 0 bridgehead atoms. The molecular formula is C61H78N8O16S. The van der Waals surface area contributed by atoms with Crippen molar-refractivity contribution in [3.63, 3.8) is 0 Å². The molecule has 86 heavy (non-hydrogen) atoms. The molecule has 2 aromatic carbocycles. The molecule has 2 atom stereocenters. The molecule has 3 fully saturated rings. The Morgan fingerprint density at radius 3 is 1.67 bits per heavy atom. The number of carbonyl (C=O) groups is 6. The summed E-state index contributed by atoms with van der Waals surface area (Å²) in [5, 5.41) is 3.42. The Morgan fingerprint density at radius 1 is 0.674 bits per heavy atom. The molecule has 6 heterocycles. The van der Waals surface area contributed by atoms with E-state index in [4.69, 9.17) is 62.4 Å².